The molecular weight excluding hydrogens is 431 g/mol. The number of hydrogen-bond donors (Lipinski definition) is 1. The number of halogens is 2. The monoisotopic (exact) mass is 442 g/mol. The molecule has 5 heteroatoms. The van der Waals surface area contributed by atoms with Gasteiger partial charge in [0.2, 0.25) is 5.91 Å². The molecule has 0 bridgehead atoms. The number of hydrogen-bond acceptors (Lipinski definition) is 2. The fourth-order valence-electron chi connectivity index (χ4n) is 1.59. The van der Waals surface area contributed by atoms with Crippen molar-refractivity contribution in [1.29, 1.82) is 0 Å². The fraction of sp³-hybridized carbons (Fsp3) is 0.0667. The predicted octanol–water partition coefficient (Wildman–Crippen LogP) is 3.75. The lowest BCUT2D eigenvalue weighted by Gasteiger charge is -2.01. The Balaban J connectivity index is 1.87. The number of amides is 1. The van der Waals surface area contributed by atoms with Gasteiger partial charge in [-0.2, -0.15) is 5.10 Å². The lowest BCUT2D eigenvalue weighted by Crippen LogP contribution is -2.19. The predicted molar refractivity (Wildman–Crippen MR) is 92.7 cm³/mol. The summed E-state index contributed by atoms with van der Waals surface area (Å²) in [7, 11) is 0. The highest BCUT2D eigenvalue weighted by atomic mass is 127. The van der Waals surface area contributed by atoms with Crippen molar-refractivity contribution >= 4 is 50.6 Å². The number of rotatable bonds is 4. The third kappa shape index (κ3) is 5.05. The molecule has 0 saturated carbocycles. The summed E-state index contributed by atoms with van der Waals surface area (Å²) >= 11 is 5.60. The maximum Gasteiger partial charge on any atom is 0.244 e. The molecule has 0 heterocycles. The molecule has 1 amide bonds. The van der Waals surface area contributed by atoms with Gasteiger partial charge in [-0.3, -0.25) is 4.79 Å². The van der Waals surface area contributed by atoms with Gasteiger partial charge in [-0.15, -0.1) is 0 Å². The van der Waals surface area contributed by atoms with Gasteiger partial charge >= 0.3 is 0 Å². The van der Waals surface area contributed by atoms with Crippen molar-refractivity contribution in [2.24, 2.45) is 5.10 Å². The molecule has 0 fully saturated rings. The second-order valence-corrected chi connectivity index (χ2v) is 6.31. The van der Waals surface area contributed by atoms with Crippen LogP contribution in [0.3, 0.4) is 0 Å². The summed E-state index contributed by atoms with van der Waals surface area (Å²) in [6.07, 6.45) is 1.96. The molecule has 0 aliphatic carbocycles. The highest BCUT2D eigenvalue weighted by Gasteiger charge is 2.01. The Morgan fingerprint density at radius 3 is 2.70 bits per heavy atom. The minimum Gasteiger partial charge on any atom is -0.273 e. The zero-order valence-corrected chi connectivity index (χ0v) is 14.3. The van der Waals surface area contributed by atoms with E-state index < -0.39 is 0 Å². The molecule has 2 rings (SSSR count). The van der Waals surface area contributed by atoms with Gasteiger partial charge in [0, 0.05) is 8.04 Å². The quantitative estimate of drug-likeness (QED) is 0.437. The van der Waals surface area contributed by atoms with Crippen LogP contribution in [0.1, 0.15) is 11.1 Å². The number of nitrogens with one attached hydrogen (secondary N) is 1. The van der Waals surface area contributed by atoms with Crippen LogP contribution in [0.2, 0.25) is 0 Å². The zero-order chi connectivity index (χ0) is 14.4. The molecular formula is C15H12BrIN2O. The molecule has 0 radical (unpaired) electrons. The van der Waals surface area contributed by atoms with Crippen molar-refractivity contribution in [2.45, 2.75) is 6.42 Å². The Kier molecular flexibility index (Phi) is 5.72. The summed E-state index contributed by atoms with van der Waals surface area (Å²) in [6, 6.07) is 15.5. The second kappa shape index (κ2) is 7.54. The number of hydrazone groups is 1. The van der Waals surface area contributed by atoms with E-state index in [2.05, 4.69) is 49.0 Å². The van der Waals surface area contributed by atoms with E-state index in [1.807, 2.05) is 48.5 Å². The van der Waals surface area contributed by atoms with Crippen molar-refractivity contribution in [2.75, 3.05) is 0 Å². The van der Waals surface area contributed by atoms with Crippen molar-refractivity contribution < 1.29 is 4.79 Å². The van der Waals surface area contributed by atoms with Crippen LogP contribution >= 0.6 is 38.5 Å². The van der Waals surface area contributed by atoms with Gasteiger partial charge < -0.3 is 0 Å². The fourth-order valence-corrected chi connectivity index (χ4v) is 2.42. The van der Waals surface area contributed by atoms with E-state index in [1.165, 1.54) is 0 Å². The smallest absolute Gasteiger partial charge is 0.244 e. The van der Waals surface area contributed by atoms with E-state index >= 15 is 0 Å². The van der Waals surface area contributed by atoms with Crippen LogP contribution in [-0.2, 0) is 11.2 Å². The Labute approximate surface area is 139 Å². The topological polar surface area (TPSA) is 41.5 Å². The molecule has 0 spiro atoms. The average Bonchev–Trinajstić information content (AvgIpc) is 2.41. The molecule has 0 saturated heterocycles. The maximum atomic E-state index is 11.7. The van der Waals surface area contributed by atoms with Gasteiger partial charge in [-0.05, 0) is 58.0 Å². The highest BCUT2D eigenvalue weighted by Crippen LogP contribution is 2.10. The average molecular weight is 443 g/mol. The van der Waals surface area contributed by atoms with Crippen LogP contribution in [0, 0.1) is 3.57 Å². The van der Waals surface area contributed by atoms with Crippen LogP contribution in [-0.4, -0.2) is 12.1 Å². The van der Waals surface area contributed by atoms with Crippen molar-refractivity contribution in [1.82, 2.24) is 5.43 Å². The zero-order valence-electron chi connectivity index (χ0n) is 10.5. The normalized spacial score (nSPS) is 10.7. The molecule has 102 valence electrons. The SMILES string of the molecule is O=C(Cc1ccc(Br)cc1)N/N=C/c1cccc(I)c1. The van der Waals surface area contributed by atoms with Crippen molar-refractivity contribution in [3.63, 3.8) is 0 Å². The third-order valence-corrected chi connectivity index (χ3v) is 3.73. The first-order valence-electron chi connectivity index (χ1n) is 5.95. The van der Waals surface area contributed by atoms with Crippen LogP contribution in [0.5, 0.6) is 0 Å². The molecule has 2 aromatic rings. The molecule has 2 aromatic carbocycles. The lowest BCUT2D eigenvalue weighted by molar-refractivity contribution is -0.120. The summed E-state index contributed by atoms with van der Waals surface area (Å²) in [5.41, 5.74) is 4.44. The Morgan fingerprint density at radius 1 is 1.25 bits per heavy atom. The van der Waals surface area contributed by atoms with E-state index in [9.17, 15) is 4.79 Å². The Morgan fingerprint density at radius 2 is 2.00 bits per heavy atom. The standard InChI is InChI=1S/C15H12BrIN2O/c16-13-6-4-11(5-7-13)9-15(20)19-18-10-12-2-1-3-14(17)8-12/h1-8,10H,9H2,(H,19,20)/b18-10+. The summed E-state index contributed by atoms with van der Waals surface area (Å²) in [5, 5.41) is 3.96. The summed E-state index contributed by atoms with van der Waals surface area (Å²) < 4.78 is 2.13. The molecule has 1 N–H and O–H groups in total. The van der Waals surface area contributed by atoms with Gasteiger partial charge in [-0.1, -0.05) is 40.2 Å². The van der Waals surface area contributed by atoms with Gasteiger partial charge in [0.1, 0.15) is 0 Å². The molecule has 0 aliphatic rings. The summed E-state index contributed by atoms with van der Waals surface area (Å²) in [6.45, 7) is 0. The minimum absolute atomic E-state index is 0.130. The molecule has 3 nitrogen and oxygen atoms in total. The third-order valence-electron chi connectivity index (χ3n) is 2.53. The summed E-state index contributed by atoms with van der Waals surface area (Å²) in [5.74, 6) is -0.130. The first kappa shape index (κ1) is 15.2. The molecule has 0 atom stereocenters. The molecule has 20 heavy (non-hydrogen) atoms. The molecule has 0 unspecified atom stereocenters. The lowest BCUT2D eigenvalue weighted by atomic mass is 10.1. The van der Waals surface area contributed by atoms with Gasteiger partial charge in [0.25, 0.3) is 0 Å². The Bertz CT molecular complexity index is 626. The second-order valence-electron chi connectivity index (χ2n) is 4.15. The van der Waals surface area contributed by atoms with E-state index in [0.717, 1.165) is 19.2 Å². The minimum atomic E-state index is -0.130. The highest BCUT2D eigenvalue weighted by molar-refractivity contribution is 14.1. The number of carbonyl (C=O) groups excluding carboxylic acids is 1. The first-order valence-corrected chi connectivity index (χ1v) is 7.82. The summed E-state index contributed by atoms with van der Waals surface area (Å²) in [4.78, 5) is 11.7. The maximum absolute atomic E-state index is 11.7. The van der Waals surface area contributed by atoms with Crippen LogP contribution in [0.15, 0.2) is 58.1 Å². The van der Waals surface area contributed by atoms with Crippen LogP contribution in [0.4, 0.5) is 0 Å². The molecule has 0 aromatic heterocycles. The molecule has 0 aliphatic heterocycles. The van der Waals surface area contributed by atoms with Gasteiger partial charge in [0.15, 0.2) is 0 Å². The van der Waals surface area contributed by atoms with E-state index in [0.29, 0.717) is 6.42 Å². The van der Waals surface area contributed by atoms with Crippen molar-refractivity contribution in [3.05, 3.63) is 67.7 Å². The largest absolute Gasteiger partial charge is 0.273 e. The number of benzene rings is 2. The number of nitrogens with zero attached hydrogens (tertiary/aromatic N) is 1. The van der Waals surface area contributed by atoms with Gasteiger partial charge in [-0.25, -0.2) is 5.43 Å². The van der Waals surface area contributed by atoms with Crippen molar-refractivity contribution in [3.8, 4) is 0 Å². The van der Waals surface area contributed by atoms with Crippen LogP contribution < -0.4 is 5.43 Å². The van der Waals surface area contributed by atoms with E-state index in [-0.39, 0.29) is 5.91 Å². The van der Waals surface area contributed by atoms with Gasteiger partial charge in [0.05, 0.1) is 12.6 Å². The van der Waals surface area contributed by atoms with Crippen LogP contribution in [0.25, 0.3) is 0 Å². The Hall–Kier alpha value is -1.21. The first-order chi connectivity index (χ1) is 9.63. The number of carbonyl (C=O) groups is 1. The van der Waals surface area contributed by atoms with E-state index in [4.69, 9.17) is 0 Å². The van der Waals surface area contributed by atoms with E-state index in [1.54, 1.807) is 6.21 Å².